The van der Waals surface area contributed by atoms with Crippen LogP contribution in [0.2, 0.25) is 0 Å². The molecule has 0 aliphatic rings. The van der Waals surface area contributed by atoms with Crippen LogP contribution in [0.5, 0.6) is 0 Å². The van der Waals surface area contributed by atoms with Gasteiger partial charge in [0.2, 0.25) is 5.88 Å². The fourth-order valence-electron chi connectivity index (χ4n) is 2.24. The number of nitrogens with zero attached hydrogens (tertiary/aromatic N) is 1. The number of rotatable bonds is 4. The van der Waals surface area contributed by atoms with E-state index >= 15 is 0 Å². The molecule has 100 valence electrons. The Labute approximate surface area is 118 Å². The molecule has 2 N–H and O–H groups in total. The van der Waals surface area contributed by atoms with Crippen LogP contribution in [-0.4, -0.2) is 5.16 Å². The minimum atomic E-state index is 0.342. The molecule has 2 aromatic carbocycles. The predicted octanol–water partition coefficient (Wildman–Crippen LogP) is 3.71. The highest BCUT2D eigenvalue weighted by Gasteiger charge is 2.05. The number of aryl methyl sites for hydroxylation is 2. The van der Waals surface area contributed by atoms with Crippen LogP contribution in [0.25, 0.3) is 11.3 Å². The quantitative estimate of drug-likeness (QED) is 0.781. The standard InChI is InChI=1S/C17H16N2O/c18-17-12-16(19-20-17)15-8-4-7-14(11-15)10-9-13-5-2-1-3-6-13/h1-8,11-12H,9-10,18H2. The van der Waals surface area contributed by atoms with Crippen molar-refractivity contribution in [3.8, 4) is 11.3 Å². The van der Waals surface area contributed by atoms with Crippen molar-refractivity contribution in [3.63, 3.8) is 0 Å². The van der Waals surface area contributed by atoms with Crippen molar-refractivity contribution in [2.24, 2.45) is 0 Å². The molecule has 0 amide bonds. The van der Waals surface area contributed by atoms with Gasteiger partial charge in [-0.05, 0) is 30.0 Å². The second-order valence-electron chi connectivity index (χ2n) is 4.80. The summed E-state index contributed by atoms with van der Waals surface area (Å²) in [5.41, 5.74) is 10.0. The Morgan fingerprint density at radius 2 is 1.60 bits per heavy atom. The lowest BCUT2D eigenvalue weighted by atomic mass is 10.0. The van der Waals surface area contributed by atoms with Crippen LogP contribution < -0.4 is 5.73 Å². The van der Waals surface area contributed by atoms with Crippen molar-refractivity contribution in [1.82, 2.24) is 5.16 Å². The highest BCUT2D eigenvalue weighted by Crippen LogP contribution is 2.21. The molecule has 3 nitrogen and oxygen atoms in total. The van der Waals surface area contributed by atoms with Crippen molar-refractivity contribution in [2.75, 3.05) is 5.73 Å². The number of hydrogen-bond acceptors (Lipinski definition) is 3. The van der Waals surface area contributed by atoms with Crippen LogP contribution in [-0.2, 0) is 12.8 Å². The van der Waals surface area contributed by atoms with Crippen molar-refractivity contribution in [1.29, 1.82) is 0 Å². The Balaban J connectivity index is 1.75. The maximum Gasteiger partial charge on any atom is 0.222 e. The highest BCUT2D eigenvalue weighted by molar-refractivity contribution is 5.61. The summed E-state index contributed by atoms with van der Waals surface area (Å²) in [4.78, 5) is 0. The van der Waals surface area contributed by atoms with E-state index < -0.39 is 0 Å². The Bertz CT molecular complexity index is 689. The smallest absolute Gasteiger partial charge is 0.222 e. The van der Waals surface area contributed by atoms with Crippen LogP contribution in [0.3, 0.4) is 0 Å². The SMILES string of the molecule is Nc1cc(-c2cccc(CCc3ccccc3)c2)no1. The largest absolute Gasteiger partial charge is 0.368 e. The molecular weight excluding hydrogens is 248 g/mol. The maximum atomic E-state index is 5.56. The molecule has 0 fully saturated rings. The number of anilines is 1. The van der Waals surface area contributed by atoms with Gasteiger partial charge >= 0.3 is 0 Å². The van der Waals surface area contributed by atoms with Gasteiger partial charge in [0.15, 0.2) is 0 Å². The van der Waals surface area contributed by atoms with Crippen molar-refractivity contribution in [3.05, 3.63) is 71.8 Å². The van der Waals surface area contributed by atoms with E-state index in [1.54, 1.807) is 6.07 Å². The van der Waals surface area contributed by atoms with Crippen molar-refractivity contribution < 1.29 is 4.52 Å². The Morgan fingerprint density at radius 3 is 2.35 bits per heavy atom. The van der Waals surface area contributed by atoms with Crippen LogP contribution in [0, 0.1) is 0 Å². The molecular formula is C17H16N2O. The van der Waals surface area contributed by atoms with E-state index in [1.807, 2.05) is 18.2 Å². The zero-order chi connectivity index (χ0) is 13.8. The molecule has 0 bridgehead atoms. The first-order valence-electron chi connectivity index (χ1n) is 6.67. The van der Waals surface area contributed by atoms with Crippen LogP contribution >= 0.6 is 0 Å². The lowest BCUT2D eigenvalue weighted by molar-refractivity contribution is 0.439. The molecule has 3 heteroatoms. The maximum absolute atomic E-state index is 5.56. The lowest BCUT2D eigenvalue weighted by Gasteiger charge is -2.04. The third-order valence-electron chi connectivity index (χ3n) is 3.30. The normalized spacial score (nSPS) is 10.6. The zero-order valence-corrected chi connectivity index (χ0v) is 11.1. The summed E-state index contributed by atoms with van der Waals surface area (Å²) in [6, 6.07) is 20.6. The minimum absolute atomic E-state index is 0.342. The highest BCUT2D eigenvalue weighted by atomic mass is 16.5. The van der Waals surface area contributed by atoms with Crippen molar-refractivity contribution in [2.45, 2.75) is 12.8 Å². The zero-order valence-electron chi connectivity index (χ0n) is 11.1. The Morgan fingerprint density at radius 1 is 0.850 bits per heavy atom. The van der Waals surface area contributed by atoms with E-state index in [-0.39, 0.29) is 0 Å². The predicted molar refractivity (Wildman–Crippen MR) is 80.2 cm³/mol. The molecule has 0 aliphatic heterocycles. The number of nitrogen functional groups attached to an aromatic ring is 1. The Kier molecular flexibility index (Phi) is 3.50. The average Bonchev–Trinajstić information content (AvgIpc) is 2.93. The van der Waals surface area contributed by atoms with Crippen LogP contribution in [0.1, 0.15) is 11.1 Å². The van der Waals surface area contributed by atoms with E-state index in [2.05, 4.69) is 41.6 Å². The molecule has 1 heterocycles. The van der Waals surface area contributed by atoms with Crippen molar-refractivity contribution >= 4 is 5.88 Å². The molecule has 20 heavy (non-hydrogen) atoms. The number of benzene rings is 2. The first kappa shape index (κ1) is 12.5. The fraction of sp³-hybridized carbons (Fsp3) is 0.118. The van der Waals surface area contributed by atoms with E-state index in [0.29, 0.717) is 5.88 Å². The summed E-state index contributed by atoms with van der Waals surface area (Å²) >= 11 is 0. The molecule has 0 atom stereocenters. The molecule has 1 aromatic heterocycles. The summed E-state index contributed by atoms with van der Waals surface area (Å²) < 4.78 is 4.92. The summed E-state index contributed by atoms with van der Waals surface area (Å²) in [6.07, 6.45) is 2.04. The number of aromatic nitrogens is 1. The average molecular weight is 264 g/mol. The van der Waals surface area contributed by atoms with Gasteiger partial charge in [-0.2, -0.15) is 0 Å². The summed E-state index contributed by atoms with van der Waals surface area (Å²) in [5, 5.41) is 3.95. The molecule has 3 rings (SSSR count). The van der Waals surface area contributed by atoms with Gasteiger partial charge in [-0.1, -0.05) is 53.7 Å². The molecule has 0 spiro atoms. The summed E-state index contributed by atoms with van der Waals surface area (Å²) in [7, 11) is 0. The second kappa shape index (κ2) is 5.61. The van der Waals surface area contributed by atoms with Gasteiger partial charge in [-0.3, -0.25) is 0 Å². The fourth-order valence-corrected chi connectivity index (χ4v) is 2.24. The summed E-state index contributed by atoms with van der Waals surface area (Å²) in [5.74, 6) is 0.342. The van der Waals surface area contributed by atoms with E-state index in [9.17, 15) is 0 Å². The molecule has 0 unspecified atom stereocenters. The first-order valence-corrected chi connectivity index (χ1v) is 6.67. The van der Waals surface area contributed by atoms with Gasteiger partial charge in [0.05, 0.1) is 0 Å². The van der Waals surface area contributed by atoms with Gasteiger partial charge in [-0.15, -0.1) is 0 Å². The van der Waals surface area contributed by atoms with Gasteiger partial charge in [0, 0.05) is 11.6 Å². The summed E-state index contributed by atoms with van der Waals surface area (Å²) in [6.45, 7) is 0. The van der Waals surface area contributed by atoms with Crippen LogP contribution in [0.15, 0.2) is 65.2 Å². The van der Waals surface area contributed by atoms with E-state index in [4.69, 9.17) is 10.3 Å². The second-order valence-corrected chi connectivity index (χ2v) is 4.80. The molecule has 3 aromatic rings. The molecule has 0 saturated carbocycles. The minimum Gasteiger partial charge on any atom is -0.368 e. The molecule has 0 saturated heterocycles. The lowest BCUT2D eigenvalue weighted by Crippen LogP contribution is -1.91. The van der Waals surface area contributed by atoms with Crippen LogP contribution in [0.4, 0.5) is 5.88 Å². The van der Waals surface area contributed by atoms with E-state index in [0.717, 1.165) is 24.1 Å². The monoisotopic (exact) mass is 264 g/mol. The van der Waals surface area contributed by atoms with Gasteiger partial charge < -0.3 is 10.3 Å². The van der Waals surface area contributed by atoms with E-state index in [1.165, 1.54) is 11.1 Å². The van der Waals surface area contributed by atoms with Gasteiger partial charge in [0.25, 0.3) is 0 Å². The number of nitrogens with two attached hydrogens (primary N) is 1. The first-order chi connectivity index (χ1) is 9.81. The topological polar surface area (TPSA) is 52.0 Å². The molecule has 0 aliphatic carbocycles. The third kappa shape index (κ3) is 2.88. The molecule has 0 radical (unpaired) electrons. The Hall–Kier alpha value is -2.55. The number of hydrogen-bond donors (Lipinski definition) is 1. The van der Waals surface area contributed by atoms with Gasteiger partial charge in [0.1, 0.15) is 5.69 Å². The van der Waals surface area contributed by atoms with Gasteiger partial charge in [-0.25, -0.2) is 0 Å². The third-order valence-corrected chi connectivity index (χ3v) is 3.30.